The van der Waals surface area contributed by atoms with Gasteiger partial charge in [0.2, 0.25) is 0 Å². The Bertz CT molecular complexity index is 660. The molecule has 0 aliphatic carbocycles. The Morgan fingerprint density at radius 3 is 2.70 bits per heavy atom. The standard InChI is InChI=1S/C15H12BrClFNO/c1-9-2-4-11(12(16)6-9)15(20)19-8-10-3-5-14(18)13(17)7-10/h2-7H,8H2,1H3,(H,19,20). The molecular formula is C15H12BrClFNO. The van der Waals surface area contributed by atoms with Gasteiger partial charge in [0.25, 0.3) is 5.91 Å². The SMILES string of the molecule is Cc1ccc(C(=O)NCc2ccc(F)c(Cl)c2)c(Br)c1. The first-order valence-corrected chi connectivity index (χ1v) is 7.13. The zero-order valence-electron chi connectivity index (χ0n) is 10.7. The van der Waals surface area contributed by atoms with Gasteiger partial charge >= 0.3 is 0 Å². The molecule has 2 aromatic rings. The number of amides is 1. The van der Waals surface area contributed by atoms with Crippen molar-refractivity contribution in [2.24, 2.45) is 0 Å². The Hall–Kier alpha value is -1.39. The molecule has 0 atom stereocenters. The van der Waals surface area contributed by atoms with E-state index in [9.17, 15) is 9.18 Å². The Balaban J connectivity index is 2.06. The number of rotatable bonds is 3. The first kappa shape index (κ1) is 15.0. The smallest absolute Gasteiger partial charge is 0.252 e. The van der Waals surface area contributed by atoms with Crippen LogP contribution in [0, 0.1) is 12.7 Å². The summed E-state index contributed by atoms with van der Waals surface area (Å²) in [5, 5.41) is 2.82. The lowest BCUT2D eigenvalue weighted by atomic mass is 10.1. The van der Waals surface area contributed by atoms with Gasteiger partial charge in [0.1, 0.15) is 5.82 Å². The fourth-order valence-corrected chi connectivity index (χ4v) is 2.61. The van der Waals surface area contributed by atoms with Gasteiger partial charge in [-0.05, 0) is 58.2 Å². The monoisotopic (exact) mass is 355 g/mol. The van der Waals surface area contributed by atoms with Crippen molar-refractivity contribution in [1.82, 2.24) is 5.32 Å². The molecule has 2 nitrogen and oxygen atoms in total. The van der Waals surface area contributed by atoms with Gasteiger partial charge in [-0.3, -0.25) is 4.79 Å². The Labute approximate surface area is 130 Å². The molecule has 0 aliphatic rings. The van der Waals surface area contributed by atoms with E-state index in [4.69, 9.17) is 11.6 Å². The Kier molecular flexibility index (Phi) is 4.78. The second kappa shape index (κ2) is 6.37. The van der Waals surface area contributed by atoms with Crippen molar-refractivity contribution < 1.29 is 9.18 Å². The minimum Gasteiger partial charge on any atom is -0.348 e. The van der Waals surface area contributed by atoms with Crippen molar-refractivity contribution in [3.63, 3.8) is 0 Å². The van der Waals surface area contributed by atoms with E-state index in [1.807, 2.05) is 19.1 Å². The molecule has 5 heteroatoms. The first-order chi connectivity index (χ1) is 9.47. The molecule has 0 saturated carbocycles. The molecule has 2 aromatic carbocycles. The molecule has 0 radical (unpaired) electrons. The van der Waals surface area contributed by atoms with Crippen LogP contribution in [0.4, 0.5) is 4.39 Å². The molecule has 20 heavy (non-hydrogen) atoms. The Morgan fingerprint density at radius 2 is 2.05 bits per heavy atom. The number of benzene rings is 2. The summed E-state index contributed by atoms with van der Waals surface area (Å²) in [6, 6.07) is 9.88. The highest BCUT2D eigenvalue weighted by Gasteiger charge is 2.10. The summed E-state index contributed by atoms with van der Waals surface area (Å²) in [5.74, 6) is -0.666. The lowest BCUT2D eigenvalue weighted by Crippen LogP contribution is -2.23. The third-order valence-corrected chi connectivity index (χ3v) is 3.75. The molecule has 0 unspecified atom stereocenters. The molecule has 0 fully saturated rings. The number of halogens is 3. The van der Waals surface area contributed by atoms with Gasteiger partial charge in [0.05, 0.1) is 10.6 Å². The number of nitrogens with one attached hydrogen (secondary N) is 1. The first-order valence-electron chi connectivity index (χ1n) is 5.95. The highest BCUT2D eigenvalue weighted by molar-refractivity contribution is 9.10. The maximum Gasteiger partial charge on any atom is 0.252 e. The van der Waals surface area contributed by atoms with E-state index in [0.717, 1.165) is 15.6 Å². The van der Waals surface area contributed by atoms with E-state index < -0.39 is 5.82 Å². The summed E-state index contributed by atoms with van der Waals surface area (Å²) in [6.07, 6.45) is 0. The van der Waals surface area contributed by atoms with Gasteiger partial charge in [-0.2, -0.15) is 0 Å². The van der Waals surface area contributed by atoms with Crippen molar-refractivity contribution >= 4 is 33.4 Å². The summed E-state index contributed by atoms with van der Waals surface area (Å²) in [4.78, 5) is 12.1. The van der Waals surface area contributed by atoms with E-state index in [-0.39, 0.29) is 10.9 Å². The van der Waals surface area contributed by atoms with E-state index in [0.29, 0.717) is 12.1 Å². The van der Waals surface area contributed by atoms with Gasteiger partial charge in [0.15, 0.2) is 0 Å². The largest absolute Gasteiger partial charge is 0.348 e. The lowest BCUT2D eigenvalue weighted by molar-refractivity contribution is 0.0950. The molecule has 104 valence electrons. The topological polar surface area (TPSA) is 29.1 Å². The molecule has 0 aromatic heterocycles. The van der Waals surface area contributed by atoms with Crippen LogP contribution in [0.15, 0.2) is 40.9 Å². The summed E-state index contributed by atoms with van der Waals surface area (Å²) in [6.45, 7) is 2.24. The highest BCUT2D eigenvalue weighted by Crippen LogP contribution is 2.19. The van der Waals surface area contributed by atoms with Crippen molar-refractivity contribution in [2.45, 2.75) is 13.5 Å². The van der Waals surface area contributed by atoms with Crippen LogP contribution in [0.5, 0.6) is 0 Å². The fourth-order valence-electron chi connectivity index (χ4n) is 1.73. The highest BCUT2D eigenvalue weighted by atomic mass is 79.9. The van der Waals surface area contributed by atoms with Crippen LogP contribution in [0.2, 0.25) is 5.02 Å². The summed E-state index contributed by atoms with van der Waals surface area (Å²) < 4.78 is 13.8. The van der Waals surface area contributed by atoms with E-state index in [1.165, 1.54) is 12.1 Å². The van der Waals surface area contributed by atoms with Crippen LogP contribution in [0.25, 0.3) is 0 Å². The minimum absolute atomic E-state index is 0.0493. The summed E-state index contributed by atoms with van der Waals surface area (Å²) in [5.41, 5.74) is 2.37. The summed E-state index contributed by atoms with van der Waals surface area (Å²) in [7, 11) is 0. The zero-order valence-corrected chi connectivity index (χ0v) is 13.1. The average Bonchev–Trinajstić information content (AvgIpc) is 2.40. The lowest BCUT2D eigenvalue weighted by Gasteiger charge is -2.08. The van der Waals surface area contributed by atoms with Crippen LogP contribution in [0.3, 0.4) is 0 Å². The van der Waals surface area contributed by atoms with Crippen LogP contribution in [-0.4, -0.2) is 5.91 Å². The normalized spacial score (nSPS) is 10.4. The minimum atomic E-state index is -0.469. The number of hydrogen-bond donors (Lipinski definition) is 1. The predicted molar refractivity (Wildman–Crippen MR) is 81.5 cm³/mol. The Morgan fingerprint density at radius 1 is 1.30 bits per heavy atom. The van der Waals surface area contributed by atoms with Crippen molar-refractivity contribution in [3.8, 4) is 0 Å². The third-order valence-electron chi connectivity index (χ3n) is 2.81. The second-order valence-corrected chi connectivity index (χ2v) is 5.68. The van der Waals surface area contributed by atoms with Gasteiger partial charge in [-0.15, -0.1) is 0 Å². The van der Waals surface area contributed by atoms with Crippen LogP contribution in [0.1, 0.15) is 21.5 Å². The van der Waals surface area contributed by atoms with Crippen molar-refractivity contribution in [1.29, 1.82) is 0 Å². The predicted octanol–water partition coefficient (Wildman–Crippen LogP) is 4.48. The maximum atomic E-state index is 13.0. The number of hydrogen-bond acceptors (Lipinski definition) is 1. The maximum absolute atomic E-state index is 13.0. The van der Waals surface area contributed by atoms with Gasteiger partial charge in [-0.25, -0.2) is 4.39 Å². The number of aryl methyl sites for hydroxylation is 1. The zero-order chi connectivity index (χ0) is 14.7. The van der Waals surface area contributed by atoms with Gasteiger partial charge in [-0.1, -0.05) is 23.7 Å². The van der Waals surface area contributed by atoms with Crippen LogP contribution >= 0.6 is 27.5 Å². The van der Waals surface area contributed by atoms with Crippen LogP contribution < -0.4 is 5.32 Å². The average molecular weight is 357 g/mol. The molecule has 0 bridgehead atoms. The molecule has 0 aliphatic heterocycles. The van der Waals surface area contributed by atoms with Gasteiger partial charge < -0.3 is 5.32 Å². The number of carbonyl (C=O) groups is 1. The summed E-state index contributed by atoms with van der Waals surface area (Å²) >= 11 is 9.06. The van der Waals surface area contributed by atoms with Crippen molar-refractivity contribution in [3.05, 3.63) is 68.4 Å². The molecular weight excluding hydrogens is 345 g/mol. The van der Waals surface area contributed by atoms with Crippen molar-refractivity contribution in [2.75, 3.05) is 0 Å². The molecule has 1 N–H and O–H groups in total. The molecule has 2 rings (SSSR count). The van der Waals surface area contributed by atoms with E-state index in [1.54, 1.807) is 12.1 Å². The number of carbonyl (C=O) groups excluding carboxylic acids is 1. The van der Waals surface area contributed by atoms with Gasteiger partial charge in [0, 0.05) is 11.0 Å². The van der Waals surface area contributed by atoms with E-state index >= 15 is 0 Å². The third kappa shape index (κ3) is 3.58. The molecule has 0 heterocycles. The molecule has 1 amide bonds. The molecule has 0 spiro atoms. The molecule has 0 saturated heterocycles. The quantitative estimate of drug-likeness (QED) is 0.863. The fraction of sp³-hybridized carbons (Fsp3) is 0.133. The second-order valence-electron chi connectivity index (χ2n) is 4.41. The van der Waals surface area contributed by atoms with Crippen LogP contribution in [-0.2, 0) is 6.54 Å². The van der Waals surface area contributed by atoms with E-state index in [2.05, 4.69) is 21.2 Å².